The van der Waals surface area contributed by atoms with E-state index in [0.29, 0.717) is 19.6 Å². The van der Waals surface area contributed by atoms with Crippen LogP contribution in [0.15, 0.2) is 0 Å². The molecule has 7 heteroatoms. The summed E-state index contributed by atoms with van der Waals surface area (Å²) in [7, 11) is 0. The van der Waals surface area contributed by atoms with E-state index in [1.807, 2.05) is 0 Å². The molecule has 118 valence electrons. The van der Waals surface area contributed by atoms with Crippen molar-refractivity contribution in [2.45, 2.75) is 38.5 Å². The van der Waals surface area contributed by atoms with Gasteiger partial charge in [0.25, 0.3) is 0 Å². The lowest BCUT2D eigenvalue weighted by Crippen LogP contribution is -2.51. The molecular weight excluding hydrogens is 274 g/mol. The second kappa shape index (κ2) is 6.32. The lowest BCUT2D eigenvalue weighted by atomic mass is 9.66. The molecule has 0 radical (unpaired) electrons. The number of urea groups is 1. The fourth-order valence-electron chi connectivity index (χ4n) is 3.18. The van der Waals surface area contributed by atoms with Gasteiger partial charge in [0.2, 0.25) is 5.91 Å². The molecule has 2 rings (SSSR count). The van der Waals surface area contributed by atoms with Gasteiger partial charge in [-0.1, -0.05) is 6.42 Å². The van der Waals surface area contributed by atoms with Crippen LogP contribution >= 0.6 is 0 Å². The van der Waals surface area contributed by atoms with Crippen molar-refractivity contribution in [3.8, 4) is 0 Å². The Labute approximate surface area is 123 Å². The van der Waals surface area contributed by atoms with Gasteiger partial charge in [0.05, 0.1) is 12.3 Å². The van der Waals surface area contributed by atoms with Gasteiger partial charge in [0.15, 0.2) is 0 Å². The van der Waals surface area contributed by atoms with Crippen LogP contribution in [0.25, 0.3) is 0 Å². The van der Waals surface area contributed by atoms with E-state index in [4.69, 9.17) is 10.8 Å². The highest BCUT2D eigenvalue weighted by molar-refractivity contribution is 5.79. The largest absolute Gasteiger partial charge is 0.481 e. The summed E-state index contributed by atoms with van der Waals surface area (Å²) in [6.45, 7) is 1.35. The highest BCUT2D eigenvalue weighted by atomic mass is 16.4. The molecule has 4 N–H and O–H groups in total. The molecule has 1 atom stereocenters. The van der Waals surface area contributed by atoms with Gasteiger partial charge in [-0.3, -0.25) is 9.59 Å². The van der Waals surface area contributed by atoms with E-state index in [1.54, 1.807) is 4.90 Å². The zero-order valence-corrected chi connectivity index (χ0v) is 12.1. The van der Waals surface area contributed by atoms with Crippen molar-refractivity contribution in [2.75, 3.05) is 19.6 Å². The number of primary amides is 1. The number of nitrogens with zero attached hydrogens (tertiary/aromatic N) is 1. The molecule has 1 aliphatic carbocycles. The summed E-state index contributed by atoms with van der Waals surface area (Å²) in [6, 6.07) is -0.224. The van der Waals surface area contributed by atoms with Crippen molar-refractivity contribution < 1.29 is 19.5 Å². The molecule has 0 bridgehead atoms. The Balaban J connectivity index is 1.83. The van der Waals surface area contributed by atoms with Gasteiger partial charge >= 0.3 is 12.0 Å². The van der Waals surface area contributed by atoms with Crippen LogP contribution in [-0.2, 0) is 9.59 Å². The number of likely N-dealkylation sites (tertiary alicyclic amines) is 1. The van der Waals surface area contributed by atoms with Crippen LogP contribution in [-0.4, -0.2) is 47.5 Å². The minimum Gasteiger partial charge on any atom is -0.481 e. The van der Waals surface area contributed by atoms with Crippen molar-refractivity contribution in [3.05, 3.63) is 0 Å². The molecule has 1 saturated carbocycles. The van der Waals surface area contributed by atoms with Gasteiger partial charge in [-0.05, 0) is 31.1 Å². The standard InChI is InChI=1S/C14H23N3O4/c15-12(20)10-3-1-6-17(8-10)13(21)16-9-14(4-2-5-14)7-11(18)19/h10H,1-9H2,(H2,15,20)(H,16,21)(H,18,19). The zero-order chi connectivity index (χ0) is 15.5. The Kier molecular flexibility index (Phi) is 4.69. The normalized spacial score (nSPS) is 24.0. The number of carbonyl (C=O) groups excluding carboxylic acids is 2. The monoisotopic (exact) mass is 297 g/mol. The molecule has 0 aromatic heterocycles. The quantitative estimate of drug-likeness (QED) is 0.687. The van der Waals surface area contributed by atoms with E-state index in [0.717, 1.165) is 32.1 Å². The number of nitrogens with one attached hydrogen (secondary N) is 1. The maximum atomic E-state index is 12.2. The van der Waals surface area contributed by atoms with Crippen LogP contribution in [0, 0.1) is 11.3 Å². The van der Waals surface area contributed by atoms with Gasteiger partial charge in [-0.25, -0.2) is 4.79 Å². The summed E-state index contributed by atoms with van der Waals surface area (Å²) in [5.74, 6) is -1.47. The third-order valence-electron chi connectivity index (χ3n) is 4.67. The third-order valence-corrected chi connectivity index (χ3v) is 4.67. The van der Waals surface area contributed by atoms with E-state index in [1.165, 1.54) is 0 Å². The molecule has 1 unspecified atom stereocenters. The Bertz CT molecular complexity index is 434. The molecule has 2 fully saturated rings. The average molecular weight is 297 g/mol. The number of piperidine rings is 1. The molecule has 1 saturated heterocycles. The Morgan fingerprint density at radius 1 is 1.29 bits per heavy atom. The Hall–Kier alpha value is -1.79. The van der Waals surface area contributed by atoms with E-state index in [9.17, 15) is 14.4 Å². The van der Waals surface area contributed by atoms with Crippen molar-refractivity contribution >= 4 is 17.9 Å². The van der Waals surface area contributed by atoms with Crippen molar-refractivity contribution in [1.29, 1.82) is 0 Å². The molecule has 21 heavy (non-hydrogen) atoms. The first-order chi connectivity index (χ1) is 9.92. The van der Waals surface area contributed by atoms with E-state index < -0.39 is 5.97 Å². The van der Waals surface area contributed by atoms with Gasteiger partial charge in [-0.15, -0.1) is 0 Å². The van der Waals surface area contributed by atoms with Gasteiger partial charge in [0, 0.05) is 19.6 Å². The summed E-state index contributed by atoms with van der Waals surface area (Å²) in [5, 5.41) is 11.8. The van der Waals surface area contributed by atoms with E-state index >= 15 is 0 Å². The first-order valence-electron chi connectivity index (χ1n) is 7.46. The maximum absolute atomic E-state index is 12.2. The van der Waals surface area contributed by atoms with Crippen LogP contribution in [0.5, 0.6) is 0 Å². The molecule has 2 aliphatic rings. The van der Waals surface area contributed by atoms with Gasteiger partial charge < -0.3 is 21.1 Å². The first kappa shape index (κ1) is 15.6. The summed E-state index contributed by atoms with van der Waals surface area (Å²) >= 11 is 0. The van der Waals surface area contributed by atoms with E-state index in [2.05, 4.69) is 5.32 Å². The number of hydrogen-bond donors (Lipinski definition) is 3. The summed E-state index contributed by atoms with van der Waals surface area (Å²) in [5.41, 5.74) is 5.00. The lowest BCUT2D eigenvalue weighted by Gasteiger charge is -2.41. The minimum absolute atomic E-state index is 0.0944. The van der Waals surface area contributed by atoms with Crippen molar-refractivity contribution in [2.24, 2.45) is 17.1 Å². The van der Waals surface area contributed by atoms with Gasteiger partial charge in [0.1, 0.15) is 0 Å². The number of carboxylic acid groups (broad SMARTS) is 1. The predicted molar refractivity (Wildman–Crippen MR) is 75.4 cm³/mol. The number of aliphatic carboxylic acids is 1. The highest BCUT2D eigenvalue weighted by Gasteiger charge is 2.39. The fourth-order valence-corrected chi connectivity index (χ4v) is 3.18. The maximum Gasteiger partial charge on any atom is 0.317 e. The number of carboxylic acids is 1. The molecule has 3 amide bonds. The second-order valence-electron chi connectivity index (χ2n) is 6.27. The third kappa shape index (κ3) is 3.86. The van der Waals surface area contributed by atoms with Crippen molar-refractivity contribution in [3.63, 3.8) is 0 Å². The fraction of sp³-hybridized carbons (Fsp3) is 0.786. The van der Waals surface area contributed by atoms with Crippen LogP contribution in [0.2, 0.25) is 0 Å². The summed E-state index contributed by atoms with van der Waals surface area (Å²) in [4.78, 5) is 35.9. The lowest BCUT2D eigenvalue weighted by molar-refractivity contribution is -0.141. The number of carbonyl (C=O) groups is 3. The number of rotatable bonds is 5. The predicted octanol–water partition coefficient (Wildman–Crippen LogP) is 0.538. The number of nitrogens with two attached hydrogens (primary N) is 1. The SMILES string of the molecule is NC(=O)C1CCCN(C(=O)NCC2(CC(=O)O)CCC2)C1. The Morgan fingerprint density at radius 2 is 2.00 bits per heavy atom. The molecule has 1 heterocycles. The van der Waals surface area contributed by atoms with Gasteiger partial charge in [-0.2, -0.15) is 0 Å². The topological polar surface area (TPSA) is 113 Å². The van der Waals surface area contributed by atoms with Crippen LogP contribution in [0.1, 0.15) is 38.5 Å². The van der Waals surface area contributed by atoms with Crippen LogP contribution < -0.4 is 11.1 Å². The van der Waals surface area contributed by atoms with Crippen LogP contribution in [0.4, 0.5) is 4.79 Å². The first-order valence-corrected chi connectivity index (χ1v) is 7.46. The second-order valence-corrected chi connectivity index (χ2v) is 6.27. The summed E-state index contributed by atoms with van der Waals surface area (Å²) in [6.07, 6.45) is 4.27. The van der Waals surface area contributed by atoms with Crippen molar-refractivity contribution in [1.82, 2.24) is 10.2 Å². The van der Waals surface area contributed by atoms with E-state index in [-0.39, 0.29) is 29.7 Å². The zero-order valence-electron chi connectivity index (χ0n) is 12.1. The smallest absolute Gasteiger partial charge is 0.317 e. The molecule has 1 aliphatic heterocycles. The minimum atomic E-state index is -0.823. The number of amides is 3. The summed E-state index contributed by atoms with van der Waals surface area (Å²) < 4.78 is 0. The molecule has 0 aromatic carbocycles. The average Bonchev–Trinajstić information content (AvgIpc) is 2.41. The molecule has 0 aromatic rings. The highest BCUT2D eigenvalue weighted by Crippen LogP contribution is 2.43. The number of hydrogen-bond acceptors (Lipinski definition) is 3. The molecule has 7 nitrogen and oxygen atoms in total. The molecule has 0 spiro atoms. The molecular formula is C14H23N3O4. The Morgan fingerprint density at radius 3 is 2.52 bits per heavy atom. The van der Waals surface area contributed by atoms with Crippen LogP contribution in [0.3, 0.4) is 0 Å².